The Hall–Kier alpha value is -1.50. The van der Waals surface area contributed by atoms with Crippen molar-refractivity contribution in [2.24, 2.45) is 0 Å². The summed E-state index contributed by atoms with van der Waals surface area (Å²) in [6.45, 7) is 2.38. The second kappa shape index (κ2) is 3.50. The van der Waals surface area contributed by atoms with Crippen LogP contribution in [0.2, 0.25) is 0 Å². The molecule has 1 saturated heterocycles. The second-order valence-electron chi connectivity index (χ2n) is 6.29. The number of fused-ring (bicyclic) bond motifs is 2. The van der Waals surface area contributed by atoms with E-state index in [1.54, 1.807) is 13.0 Å². The molecule has 1 fully saturated rings. The van der Waals surface area contributed by atoms with Crippen LogP contribution in [0, 0.1) is 20.2 Å². The van der Waals surface area contributed by atoms with Crippen LogP contribution in [0.5, 0.6) is 0 Å². The highest BCUT2D eigenvalue weighted by atomic mass is 16.6. The Balaban J connectivity index is 2.59. The van der Waals surface area contributed by atoms with Crippen LogP contribution in [0.15, 0.2) is 11.6 Å². The fourth-order valence-corrected chi connectivity index (χ4v) is 3.61. The lowest BCUT2D eigenvalue weighted by molar-refractivity contribution is -0.933. The van der Waals surface area contributed by atoms with E-state index in [-0.39, 0.29) is 16.3 Å². The molecule has 1 aliphatic heterocycles. The Bertz CT molecular complexity index is 459. The molecule has 0 saturated carbocycles. The van der Waals surface area contributed by atoms with E-state index >= 15 is 0 Å². The van der Waals surface area contributed by atoms with Crippen LogP contribution in [-0.4, -0.2) is 52.6 Å². The Morgan fingerprint density at radius 1 is 1.22 bits per heavy atom. The third-order valence-electron chi connectivity index (χ3n) is 4.29. The predicted molar refractivity (Wildman–Crippen MR) is 64.3 cm³/mol. The molecule has 7 nitrogen and oxygen atoms in total. The molecule has 0 spiro atoms. The number of quaternary nitrogens is 1. The summed E-state index contributed by atoms with van der Waals surface area (Å²) in [6, 6.07) is 0. The van der Waals surface area contributed by atoms with Crippen molar-refractivity contribution in [3.63, 3.8) is 0 Å². The molecule has 1 aliphatic carbocycles. The summed E-state index contributed by atoms with van der Waals surface area (Å²) in [5, 5.41) is 22.9. The number of hydrogen-bond donors (Lipinski definition) is 0. The normalized spacial score (nSPS) is 37.8. The third kappa shape index (κ3) is 1.61. The van der Waals surface area contributed by atoms with Gasteiger partial charge in [0.1, 0.15) is 6.42 Å². The maximum atomic E-state index is 11.5. The van der Waals surface area contributed by atoms with Gasteiger partial charge in [-0.15, -0.1) is 0 Å². The molecule has 2 rings (SSSR count). The van der Waals surface area contributed by atoms with E-state index in [1.807, 2.05) is 14.1 Å². The standard InChI is InChI=1S/C11H18N3O4/c1-9-4-5-10(12(15)16)6-11(9,13(17)18)8-14(2,3)7-10/h4H,5-8H2,1-3H3/q+1/t10-,11+/m1/s1. The summed E-state index contributed by atoms with van der Waals surface area (Å²) < 4.78 is 0.313. The molecular weight excluding hydrogens is 238 g/mol. The molecule has 0 aromatic heterocycles. The highest BCUT2D eigenvalue weighted by Gasteiger charge is 2.68. The van der Waals surface area contributed by atoms with Crippen LogP contribution in [0.3, 0.4) is 0 Å². The van der Waals surface area contributed by atoms with Gasteiger partial charge in [-0.2, -0.15) is 0 Å². The molecule has 0 aromatic rings. The summed E-state index contributed by atoms with van der Waals surface area (Å²) in [6.07, 6.45) is 2.00. The smallest absolute Gasteiger partial charge is 0.297 e. The van der Waals surface area contributed by atoms with Gasteiger partial charge in [0, 0.05) is 21.8 Å². The molecule has 100 valence electrons. The first kappa shape index (κ1) is 12.9. The molecule has 18 heavy (non-hydrogen) atoms. The Morgan fingerprint density at radius 3 is 2.33 bits per heavy atom. The maximum Gasteiger partial charge on any atom is 0.297 e. The highest BCUT2D eigenvalue weighted by Crippen LogP contribution is 2.45. The summed E-state index contributed by atoms with van der Waals surface area (Å²) in [5.74, 6) is 0. The highest BCUT2D eigenvalue weighted by molar-refractivity contribution is 5.23. The molecule has 0 radical (unpaired) electrons. The van der Waals surface area contributed by atoms with Gasteiger partial charge in [0.15, 0.2) is 13.1 Å². The minimum atomic E-state index is -1.27. The van der Waals surface area contributed by atoms with Gasteiger partial charge < -0.3 is 4.48 Å². The molecule has 0 aromatic carbocycles. The molecule has 1 heterocycles. The van der Waals surface area contributed by atoms with E-state index < -0.39 is 11.1 Å². The first-order valence-electron chi connectivity index (χ1n) is 5.92. The van der Waals surface area contributed by atoms with E-state index in [1.165, 1.54) is 0 Å². The number of rotatable bonds is 2. The van der Waals surface area contributed by atoms with Crippen LogP contribution in [0.25, 0.3) is 0 Å². The molecule has 0 N–H and O–H groups in total. The Morgan fingerprint density at radius 2 is 1.83 bits per heavy atom. The van der Waals surface area contributed by atoms with Gasteiger partial charge in [0.05, 0.1) is 14.1 Å². The monoisotopic (exact) mass is 256 g/mol. The van der Waals surface area contributed by atoms with Crippen LogP contribution >= 0.6 is 0 Å². The van der Waals surface area contributed by atoms with Gasteiger partial charge in [0.2, 0.25) is 0 Å². The lowest BCUT2D eigenvalue weighted by Gasteiger charge is -2.48. The minimum absolute atomic E-state index is 0.0179. The van der Waals surface area contributed by atoms with Gasteiger partial charge in [0.25, 0.3) is 11.1 Å². The SMILES string of the molecule is CC1=CC[C@@]2([N+](=O)[O-])C[C@]1([N+](=O)[O-])C[N+](C)(C)C2. The zero-order valence-electron chi connectivity index (χ0n) is 10.9. The first-order valence-corrected chi connectivity index (χ1v) is 5.92. The molecule has 2 atom stereocenters. The number of likely N-dealkylation sites (tertiary alicyclic amines) is 1. The molecule has 7 heteroatoms. The van der Waals surface area contributed by atoms with Crippen molar-refractivity contribution in [1.82, 2.24) is 0 Å². The first-order chi connectivity index (χ1) is 8.14. The van der Waals surface area contributed by atoms with Gasteiger partial charge in [-0.3, -0.25) is 20.2 Å². The van der Waals surface area contributed by atoms with Crippen LogP contribution in [0.1, 0.15) is 19.8 Å². The third-order valence-corrected chi connectivity index (χ3v) is 4.29. The van der Waals surface area contributed by atoms with Crippen LogP contribution < -0.4 is 0 Å². The van der Waals surface area contributed by atoms with Crippen molar-refractivity contribution >= 4 is 0 Å². The van der Waals surface area contributed by atoms with Crippen molar-refractivity contribution < 1.29 is 14.3 Å². The van der Waals surface area contributed by atoms with Crippen molar-refractivity contribution in [3.05, 3.63) is 31.9 Å². The number of likely N-dealkylation sites (N-methyl/N-ethyl adjacent to an activating group) is 1. The van der Waals surface area contributed by atoms with Gasteiger partial charge in [-0.25, -0.2) is 0 Å². The molecule has 2 bridgehead atoms. The topological polar surface area (TPSA) is 86.3 Å². The zero-order valence-corrected chi connectivity index (χ0v) is 10.9. The van der Waals surface area contributed by atoms with Crippen LogP contribution in [0.4, 0.5) is 0 Å². The summed E-state index contributed by atoms with van der Waals surface area (Å²) in [7, 11) is 3.66. The summed E-state index contributed by atoms with van der Waals surface area (Å²) >= 11 is 0. The van der Waals surface area contributed by atoms with E-state index in [0.29, 0.717) is 29.6 Å². The van der Waals surface area contributed by atoms with Crippen LogP contribution in [-0.2, 0) is 0 Å². The molecule has 0 unspecified atom stereocenters. The lowest BCUT2D eigenvalue weighted by atomic mass is 9.68. The maximum absolute atomic E-state index is 11.5. The summed E-state index contributed by atoms with van der Waals surface area (Å²) in [4.78, 5) is 22.2. The average Bonchev–Trinajstić information content (AvgIpc) is 2.21. The van der Waals surface area contributed by atoms with Gasteiger partial charge in [-0.05, 0) is 6.92 Å². The average molecular weight is 256 g/mol. The van der Waals surface area contributed by atoms with E-state index in [0.717, 1.165) is 0 Å². The number of piperidine rings is 1. The number of hydrogen-bond acceptors (Lipinski definition) is 4. The zero-order chi connectivity index (χ0) is 13.8. The van der Waals surface area contributed by atoms with Gasteiger partial charge >= 0.3 is 0 Å². The fourth-order valence-electron chi connectivity index (χ4n) is 3.61. The number of nitro groups is 2. The fraction of sp³-hybridized carbons (Fsp3) is 0.818. The quantitative estimate of drug-likeness (QED) is 0.317. The molecule has 2 aliphatic rings. The Labute approximate surface area is 105 Å². The van der Waals surface area contributed by atoms with Crippen molar-refractivity contribution in [2.45, 2.75) is 30.8 Å². The number of nitrogens with zero attached hydrogens (tertiary/aromatic N) is 3. The lowest BCUT2D eigenvalue weighted by Crippen LogP contribution is -2.71. The molecular formula is C11H18N3O4+. The van der Waals surface area contributed by atoms with Crippen molar-refractivity contribution in [1.29, 1.82) is 0 Å². The van der Waals surface area contributed by atoms with E-state index in [2.05, 4.69) is 0 Å². The van der Waals surface area contributed by atoms with Gasteiger partial charge in [-0.1, -0.05) is 6.08 Å². The van der Waals surface area contributed by atoms with Crippen molar-refractivity contribution in [2.75, 3.05) is 27.2 Å². The van der Waals surface area contributed by atoms with E-state index in [4.69, 9.17) is 0 Å². The largest absolute Gasteiger partial charge is 0.316 e. The summed E-state index contributed by atoms with van der Waals surface area (Å²) in [5.41, 5.74) is -1.79. The van der Waals surface area contributed by atoms with Crippen molar-refractivity contribution in [3.8, 4) is 0 Å². The molecule has 0 amide bonds. The predicted octanol–water partition coefficient (Wildman–Crippen LogP) is 0.847. The Kier molecular flexibility index (Phi) is 2.52. The second-order valence-corrected chi connectivity index (χ2v) is 6.29. The minimum Gasteiger partial charge on any atom is -0.316 e. The van der Waals surface area contributed by atoms with E-state index in [9.17, 15) is 20.2 Å².